The zero-order valence-electron chi connectivity index (χ0n) is 10.1. The number of alkyl halides is 3. The van der Waals surface area contributed by atoms with Gasteiger partial charge in [0, 0.05) is 0 Å². The first-order valence-electron chi connectivity index (χ1n) is 5.47. The number of ether oxygens (including phenoxy) is 1. The molecule has 2 aromatic carbocycles. The summed E-state index contributed by atoms with van der Waals surface area (Å²) in [4.78, 5) is 0. The van der Waals surface area contributed by atoms with Crippen molar-refractivity contribution >= 4 is 5.69 Å². The summed E-state index contributed by atoms with van der Waals surface area (Å²) in [5, 5.41) is 0. The number of benzene rings is 2. The number of hydrogen-bond acceptors (Lipinski definition) is 2. The van der Waals surface area contributed by atoms with Crippen molar-refractivity contribution in [3.05, 3.63) is 47.8 Å². The lowest BCUT2D eigenvalue weighted by Crippen LogP contribution is -2.18. The van der Waals surface area contributed by atoms with E-state index in [1.807, 2.05) is 0 Å². The maximum atomic E-state index is 13.1. The second-order valence-electron chi connectivity index (χ2n) is 4.05. The van der Waals surface area contributed by atoms with Gasteiger partial charge in [0.25, 0.3) is 0 Å². The summed E-state index contributed by atoms with van der Waals surface area (Å²) in [5.41, 5.74) is 4.85. The van der Waals surface area contributed by atoms with Crippen LogP contribution >= 0.6 is 0 Å². The molecule has 0 radical (unpaired) electrons. The molecular formula is C13H7F6NO. The second-order valence-corrected chi connectivity index (χ2v) is 4.05. The van der Waals surface area contributed by atoms with Gasteiger partial charge in [-0.2, -0.15) is 0 Å². The maximum absolute atomic E-state index is 13.1. The van der Waals surface area contributed by atoms with Gasteiger partial charge in [0.15, 0.2) is 23.2 Å². The van der Waals surface area contributed by atoms with Crippen LogP contribution in [-0.4, -0.2) is 6.36 Å². The predicted molar refractivity (Wildman–Crippen MR) is 62.8 cm³/mol. The molecule has 0 aliphatic carbocycles. The van der Waals surface area contributed by atoms with Crippen LogP contribution in [0.2, 0.25) is 0 Å². The summed E-state index contributed by atoms with van der Waals surface area (Å²) in [6, 6.07) is 4.47. The third kappa shape index (κ3) is 3.39. The Balaban J connectivity index is 2.48. The topological polar surface area (TPSA) is 35.2 Å². The molecule has 0 unspecified atom stereocenters. The number of nitrogens with two attached hydrogens (primary N) is 1. The zero-order chi connectivity index (χ0) is 15.8. The van der Waals surface area contributed by atoms with Crippen molar-refractivity contribution in [2.45, 2.75) is 6.36 Å². The van der Waals surface area contributed by atoms with E-state index in [-0.39, 0.29) is 16.8 Å². The van der Waals surface area contributed by atoms with E-state index in [1.54, 1.807) is 0 Å². The fourth-order valence-electron chi connectivity index (χ4n) is 1.65. The Bertz CT molecular complexity index is 660. The highest BCUT2D eigenvalue weighted by Crippen LogP contribution is 2.33. The van der Waals surface area contributed by atoms with Crippen LogP contribution in [0.25, 0.3) is 11.1 Å². The second kappa shape index (κ2) is 5.19. The largest absolute Gasteiger partial charge is 0.573 e. The van der Waals surface area contributed by atoms with Gasteiger partial charge in [0.2, 0.25) is 0 Å². The van der Waals surface area contributed by atoms with Gasteiger partial charge in [-0.1, -0.05) is 6.07 Å². The van der Waals surface area contributed by atoms with E-state index in [2.05, 4.69) is 4.74 Å². The number of halogens is 6. The standard InChI is InChI=1S/C13H7F6NO/c14-8-3-7(4-9(15)12(8)16)6-1-2-10(20)11(5-6)21-13(17,18)19/h1-5H,20H2. The van der Waals surface area contributed by atoms with Crippen molar-refractivity contribution in [3.8, 4) is 16.9 Å². The Hall–Kier alpha value is -2.38. The molecule has 0 fully saturated rings. The van der Waals surface area contributed by atoms with Crippen molar-refractivity contribution in [1.82, 2.24) is 0 Å². The Morgan fingerprint density at radius 2 is 1.43 bits per heavy atom. The number of rotatable bonds is 2. The van der Waals surface area contributed by atoms with Crippen LogP contribution in [0.3, 0.4) is 0 Å². The molecule has 21 heavy (non-hydrogen) atoms. The number of hydrogen-bond donors (Lipinski definition) is 1. The lowest BCUT2D eigenvalue weighted by molar-refractivity contribution is -0.274. The SMILES string of the molecule is Nc1ccc(-c2cc(F)c(F)c(F)c2)cc1OC(F)(F)F. The number of nitrogen functional groups attached to an aromatic ring is 1. The lowest BCUT2D eigenvalue weighted by Gasteiger charge is -2.12. The van der Waals surface area contributed by atoms with Crippen LogP contribution in [0.1, 0.15) is 0 Å². The van der Waals surface area contributed by atoms with Gasteiger partial charge >= 0.3 is 6.36 Å². The molecule has 2 aromatic rings. The lowest BCUT2D eigenvalue weighted by atomic mass is 10.0. The van der Waals surface area contributed by atoms with Crippen LogP contribution in [0.5, 0.6) is 5.75 Å². The molecule has 2 N–H and O–H groups in total. The third-order valence-corrected chi connectivity index (χ3v) is 2.56. The quantitative estimate of drug-likeness (QED) is 0.511. The van der Waals surface area contributed by atoms with E-state index in [9.17, 15) is 26.3 Å². The van der Waals surface area contributed by atoms with Crippen LogP contribution in [-0.2, 0) is 0 Å². The smallest absolute Gasteiger partial charge is 0.404 e. The van der Waals surface area contributed by atoms with Crippen molar-refractivity contribution < 1.29 is 31.1 Å². The Kier molecular flexibility index (Phi) is 3.71. The van der Waals surface area contributed by atoms with E-state index < -0.39 is 29.6 Å². The fourth-order valence-corrected chi connectivity index (χ4v) is 1.65. The van der Waals surface area contributed by atoms with E-state index >= 15 is 0 Å². The molecule has 0 heterocycles. The Morgan fingerprint density at radius 1 is 0.857 bits per heavy atom. The summed E-state index contributed by atoms with van der Waals surface area (Å²) in [5.74, 6) is -5.30. The maximum Gasteiger partial charge on any atom is 0.573 e. The first-order chi connectivity index (χ1) is 9.67. The summed E-state index contributed by atoms with van der Waals surface area (Å²) in [7, 11) is 0. The fraction of sp³-hybridized carbons (Fsp3) is 0.0769. The highest BCUT2D eigenvalue weighted by Gasteiger charge is 2.32. The molecule has 0 spiro atoms. The van der Waals surface area contributed by atoms with Gasteiger partial charge in [-0.15, -0.1) is 13.2 Å². The van der Waals surface area contributed by atoms with Crippen LogP contribution in [0.15, 0.2) is 30.3 Å². The molecule has 0 amide bonds. The van der Waals surface area contributed by atoms with Crippen molar-refractivity contribution in [1.29, 1.82) is 0 Å². The normalized spacial score (nSPS) is 11.5. The molecule has 0 atom stereocenters. The van der Waals surface area contributed by atoms with Crippen molar-refractivity contribution in [2.24, 2.45) is 0 Å². The van der Waals surface area contributed by atoms with Gasteiger partial charge < -0.3 is 10.5 Å². The number of anilines is 1. The minimum Gasteiger partial charge on any atom is -0.404 e. The van der Waals surface area contributed by atoms with Gasteiger partial charge in [-0.05, 0) is 35.4 Å². The molecule has 0 aliphatic rings. The summed E-state index contributed by atoms with van der Waals surface area (Å²) in [6.45, 7) is 0. The average molecular weight is 307 g/mol. The molecule has 8 heteroatoms. The zero-order valence-corrected chi connectivity index (χ0v) is 10.1. The molecule has 0 saturated heterocycles. The molecule has 0 aromatic heterocycles. The summed E-state index contributed by atoms with van der Waals surface area (Å²) < 4.78 is 79.4. The van der Waals surface area contributed by atoms with E-state index in [0.717, 1.165) is 12.1 Å². The first kappa shape index (κ1) is 15.0. The predicted octanol–water partition coefficient (Wildman–Crippen LogP) is 4.25. The molecule has 0 aliphatic heterocycles. The minimum atomic E-state index is -4.97. The van der Waals surface area contributed by atoms with Gasteiger partial charge in [0.1, 0.15) is 0 Å². The molecule has 2 rings (SSSR count). The summed E-state index contributed by atoms with van der Waals surface area (Å²) >= 11 is 0. The molecular weight excluding hydrogens is 300 g/mol. The van der Waals surface area contributed by atoms with Crippen LogP contribution < -0.4 is 10.5 Å². The van der Waals surface area contributed by atoms with E-state index in [4.69, 9.17) is 5.73 Å². The van der Waals surface area contributed by atoms with Gasteiger partial charge in [0.05, 0.1) is 5.69 Å². The Labute approximate surface area is 114 Å². The monoisotopic (exact) mass is 307 g/mol. The average Bonchev–Trinajstić information content (AvgIpc) is 2.36. The Morgan fingerprint density at radius 3 is 1.95 bits per heavy atom. The van der Waals surface area contributed by atoms with E-state index in [1.165, 1.54) is 6.07 Å². The van der Waals surface area contributed by atoms with Gasteiger partial charge in [-0.3, -0.25) is 0 Å². The molecule has 2 nitrogen and oxygen atoms in total. The first-order valence-corrected chi connectivity index (χ1v) is 5.47. The molecule has 0 bridgehead atoms. The van der Waals surface area contributed by atoms with Crippen LogP contribution in [0, 0.1) is 17.5 Å². The highest BCUT2D eigenvalue weighted by atomic mass is 19.4. The molecule has 112 valence electrons. The minimum absolute atomic E-state index is 0.0127. The third-order valence-electron chi connectivity index (χ3n) is 2.56. The van der Waals surface area contributed by atoms with Crippen LogP contribution in [0.4, 0.5) is 32.0 Å². The van der Waals surface area contributed by atoms with Crippen molar-refractivity contribution in [2.75, 3.05) is 5.73 Å². The van der Waals surface area contributed by atoms with E-state index in [0.29, 0.717) is 12.1 Å². The van der Waals surface area contributed by atoms with Gasteiger partial charge in [-0.25, -0.2) is 13.2 Å². The summed E-state index contributed by atoms with van der Waals surface area (Å²) in [6.07, 6.45) is -4.97. The highest BCUT2D eigenvalue weighted by molar-refractivity contribution is 5.70. The molecule has 0 saturated carbocycles. The van der Waals surface area contributed by atoms with Crippen molar-refractivity contribution in [3.63, 3.8) is 0 Å².